The van der Waals surface area contributed by atoms with Gasteiger partial charge >= 0.3 is 5.97 Å². The van der Waals surface area contributed by atoms with Gasteiger partial charge in [0.1, 0.15) is 6.67 Å². The number of esters is 1. The van der Waals surface area contributed by atoms with Gasteiger partial charge in [-0.3, -0.25) is 0 Å². The van der Waals surface area contributed by atoms with Crippen LogP contribution in [0.1, 0.15) is 15.9 Å². The lowest BCUT2D eigenvalue weighted by molar-refractivity contribution is 0.0734. The number of nitrogens with zero attached hydrogens (tertiary/aromatic N) is 1. The fourth-order valence-electron chi connectivity index (χ4n) is 1.91. The zero-order chi connectivity index (χ0) is 15.4. The quantitative estimate of drug-likeness (QED) is 0.666. The number of alkyl halides is 1. The molecule has 1 heterocycles. The van der Waals surface area contributed by atoms with Crippen LogP contribution in [0.25, 0.3) is 11.3 Å². The number of carbonyl (C=O) groups is 1. The standard InChI is InChI=1S/C17H12FNO2S/c18-10-12-6-8-13(9-7-12)15-11-22-17(19-15)21-16(20)14-4-2-1-3-5-14/h1-9,11H,10H2. The number of rotatable bonds is 4. The maximum Gasteiger partial charge on any atom is 0.345 e. The SMILES string of the molecule is O=C(Oc1nc(-c2ccc(CF)cc2)cs1)c1ccccc1. The normalized spacial score (nSPS) is 10.4. The van der Waals surface area contributed by atoms with Crippen LogP contribution in [-0.2, 0) is 6.67 Å². The van der Waals surface area contributed by atoms with Crippen molar-refractivity contribution in [2.24, 2.45) is 0 Å². The van der Waals surface area contributed by atoms with E-state index in [1.165, 1.54) is 11.3 Å². The van der Waals surface area contributed by atoms with Gasteiger partial charge in [-0.1, -0.05) is 53.8 Å². The first-order valence-corrected chi connectivity index (χ1v) is 7.52. The van der Waals surface area contributed by atoms with Crippen LogP contribution in [0.3, 0.4) is 0 Å². The molecule has 1 aromatic heterocycles. The maximum absolute atomic E-state index is 12.5. The number of benzene rings is 2. The highest BCUT2D eigenvalue weighted by atomic mass is 32.1. The van der Waals surface area contributed by atoms with Crippen molar-refractivity contribution in [2.45, 2.75) is 6.67 Å². The molecule has 110 valence electrons. The van der Waals surface area contributed by atoms with Gasteiger partial charge in [-0.2, -0.15) is 0 Å². The molecule has 3 nitrogen and oxygen atoms in total. The van der Waals surface area contributed by atoms with Crippen LogP contribution in [-0.4, -0.2) is 11.0 Å². The van der Waals surface area contributed by atoms with E-state index in [4.69, 9.17) is 4.74 Å². The highest BCUT2D eigenvalue weighted by molar-refractivity contribution is 7.11. The maximum atomic E-state index is 12.5. The molecule has 0 saturated carbocycles. The van der Waals surface area contributed by atoms with E-state index in [0.717, 1.165) is 5.56 Å². The summed E-state index contributed by atoms with van der Waals surface area (Å²) in [4.78, 5) is 16.2. The van der Waals surface area contributed by atoms with Gasteiger partial charge in [-0.25, -0.2) is 14.2 Å². The Bertz CT molecular complexity index is 769. The summed E-state index contributed by atoms with van der Waals surface area (Å²) in [6.45, 7) is -0.489. The molecule has 0 N–H and O–H groups in total. The summed E-state index contributed by atoms with van der Waals surface area (Å²) < 4.78 is 17.8. The van der Waals surface area contributed by atoms with Gasteiger partial charge in [-0.15, -0.1) is 0 Å². The molecular formula is C17H12FNO2S. The fraction of sp³-hybridized carbons (Fsp3) is 0.0588. The molecule has 0 spiro atoms. The smallest absolute Gasteiger partial charge is 0.345 e. The van der Waals surface area contributed by atoms with Crippen molar-refractivity contribution in [2.75, 3.05) is 0 Å². The third-order valence-electron chi connectivity index (χ3n) is 3.08. The molecule has 5 heteroatoms. The second kappa shape index (κ2) is 6.49. The number of thiazole rings is 1. The molecule has 2 aromatic carbocycles. The van der Waals surface area contributed by atoms with E-state index in [-0.39, 0.29) is 0 Å². The van der Waals surface area contributed by atoms with Crippen molar-refractivity contribution in [3.8, 4) is 16.5 Å². The van der Waals surface area contributed by atoms with Crippen LogP contribution in [0.2, 0.25) is 0 Å². The van der Waals surface area contributed by atoms with Crippen LogP contribution in [0.15, 0.2) is 60.0 Å². The molecule has 22 heavy (non-hydrogen) atoms. The van der Waals surface area contributed by atoms with E-state index < -0.39 is 12.6 Å². The van der Waals surface area contributed by atoms with E-state index in [2.05, 4.69) is 4.98 Å². The minimum atomic E-state index is -0.489. The van der Waals surface area contributed by atoms with Gasteiger partial charge in [0.2, 0.25) is 0 Å². The summed E-state index contributed by atoms with van der Waals surface area (Å²) in [5, 5.41) is 2.09. The molecular weight excluding hydrogens is 301 g/mol. The molecule has 3 aromatic rings. The lowest BCUT2D eigenvalue weighted by Crippen LogP contribution is -2.07. The topological polar surface area (TPSA) is 39.2 Å². The lowest BCUT2D eigenvalue weighted by atomic mass is 10.1. The number of ether oxygens (including phenoxy) is 1. The Kier molecular flexibility index (Phi) is 4.25. The first-order valence-electron chi connectivity index (χ1n) is 6.64. The van der Waals surface area contributed by atoms with Gasteiger partial charge in [-0.05, 0) is 17.7 Å². The number of carbonyl (C=O) groups excluding carboxylic acids is 1. The summed E-state index contributed by atoms with van der Waals surface area (Å²) in [5.74, 6) is -0.436. The summed E-state index contributed by atoms with van der Waals surface area (Å²) in [7, 11) is 0. The third kappa shape index (κ3) is 3.20. The Morgan fingerprint density at radius 2 is 1.82 bits per heavy atom. The van der Waals surface area contributed by atoms with Crippen LogP contribution in [0, 0.1) is 0 Å². The summed E-state index contributed by atoms with van der Waals surface area (Å²) in [5.41, 5.74) is 2.66. The molecule has 0 aliphatic heterocycles. The number of hydrogen-bond donors (Lipinski definition) is 0. The lowest BCUT2D eigenvalue weighted by Gasteiger charge is -2.00. The Hall–Kier alpha value is -2.53. The molecule has 0 aliphatic carbocycles. The molecule has 0 radical (unpaired) electrons. The first-order chi connectivity index (χ1) is 10.8. The van der Waals surface area contributed by atoms with Crippen molar-refractivity contribution in [1.82, 2.24) is 4.98 Å². The minimum Gasteiger partial charge on any atom is -0.394 e. The number of aromatic nitrogens is 1. The van der Waals surface area contributed by atoms with Gasteiger partial charge in [0.25, 0.3) is 5.19 Å². The summed E-state index contributed by atoms with van der Waals surface area (Å²) >= 11 is 1.25. The highest BCUT2D eigenvalue weighted by Crippen LogP contribution is 2.27. The van der Waals surface area contributed by atoms with E-state index in [9.17, 15) is 9.18 Å². The molecule has 0 amide bonds. The van der Waals surface area contributed by atoms with Crippen molar-refractivity contribution in [3.63, 3.8) is 0 Å². The fourth-order valence-corrected chi connectivity index (χ4v) is 2.59. The largest absolute Gasteiger partial charge is 0.394 e. The van der Waals surface area contributed by atoms with E-state index in [1.807, 2.05) is 6.07 Å². The minimum absolute atomic E-state index is 0.290. The van der Waals surface area contributed by atoms with Crippen molar-refractivity contribution >= 4 is 17.3 Å². The zero-order valence-electron chi connectivity index (χ0n) is 11.5. The molecule has 0 aliphatic rings. The van der Waals surface area contributed by atoms with Crippen LogP contribution < -0.4 is 4.74 Å². The molecule has 0 saturated heterocycles. The van der Waals surface area contributed by atoms with Crippen molar-refractivity contribution < 1.29 is 13.9 Å². The average Bonchev–Trinajstić information content (AvgIpc) is 3.04. The predicted octanol–water partition coefficient (Wildman–Crippen LogP) is 4.50. The Balaban J connectivity index is 1.74. The monoisotopic (exact) mass is 313 g/mol. The Labute approximate surface area is 131 Å². The molecule has 0 atom stereocenters. The van der Waals surface area contributed by atoms with Crippen LogP contribution in [0.4, 0.5) is 4.39 Å². The number of halogens is 1. The van der Waals surface area contributed by atoms with Gasteiger partial charge in [0.15, 0.2) is 0 Å². The van der Waals surface area contributed by atoms with Gasteiger partial charge < -0.3 is 4.74 Å². The second-order valence-electron chi connectivity index (χ2n) is 4.58. The van der Waals surface area contributed by atoms with Gasteiger partial charge in [0.05, 0.1) is 11.3 Å². The van der Waals surface area contributed by atoms with Crippen LogP contribution in [0.5, 0.6) is 5.19 Å². The average molecular weight is 313 g/mol. The Morgan fingerprint density at radius 1 is 1.09 bits per heavy atom. The predicted molar refractivity (Wildman–Crippen MR) is 83.8 cm³/mol. The first kappa shape index (κ1) is 14.4. The summed E-state index contributed by atoms with van der Waals surface area (Å²) in [6, 6.07) is 15.8. The molecule has 0 bridgehead atoms. The highest BCUT2D eigenvalue weighted by Gasteiger charge is 2.12. The van der Waals surface area contributed by atoms with E-state index >= 15 is 0 Å². The zero-order valence-corrected chi connectivity index (χ0v) is 12.3. The third-order valence-corrected chi connectivity index (χ3v) is 3.79. The van der Waals surface area contributed by atoms with Crippen molar-refractivity contribution in [1.29, 1.82) is 0 Å². The van der Waals surface area contributed by atoms with Crippen LogP contribution >= 0.6 is 11.3 Å². The second-order valence-corrected chi connectivity index (χ2v) is 5.41. The van der Waals surface area contributed by atoms with E-state index in [1.54, 1.807) is 53.9 Å². The number of hydrogen-bond acceptors (Lipinski definition) is 4. The molecule has 3 rings (SSSR count). The van der Waals surface area contributed by atoms with Gasteiger partial charge in [0, 0.05) is 10.9 Å². The molecule has 0 fully saturated rings. The summed E-state index contributed by atoms with van der Waals surface area (Å²) in [6.07, 6.45) is 0. The molecule has 0 unspecified atom stereocenters. The van der Waals surface area contributed by atoms with Crippen molar-refractivity contribution in [3.05, 3.63) is 71.1 Å². The Morgan fingerprint density at radius 3 is 2.50 bits per heavy atom. The van der Waals surface area contributed by atoms with E-state index in [0.29, 0.717) is 22.0 Å².